The van der Waals surface area contributed by atoms with E-state index in [9.17, 15) is 0 Å². The van der Waals surface area contributed by atoms with Gasteiger partial charge in [-0.25, -0.2) is 0 Å². The van der Waals surface area contributed by atoms with Gasteiger partial charge in [0.05, 0.1) is 0 Å². The topological polar surface area (TPSA) is 46.2 Å². The lowest BCUT2D eigenvalue weighted by atomic mass is 9.77. The normalized spacial score (nSPS) is 20.1. The van der Waals surface area contributed by atoms with Crippen LogP contribution >= 0.6 is 0 Å². The zero-order valence-electron chi connectivity index (χ0n) is 20.2. The highest BCUT2D eigenvalue weighted by Gasteiger charge is 2.51. The smallest absolute Gasteiger partial charge is 0.214 e. The van der Waals surface area contributed by atoms with Crippen molar-refractivity contribution in [1.29, 1.82) is 0 Å². The fourth-order valence-electron chi connectivity index (χ4n) is 3.92. The van der Waals surface area contributed by atoms with E-state index >= 15 is 0 Å². The molecular weight excluding hydrogens is 372 g/mol. The molecule has 0 heterocycles. The second-order valence-electron chi connectivity index (χ2n) is 9.12. The van der Waals surface area contributed by atoms with Crippen molar-refractivity contribution in [2.24, 2.45) is 0 Å². The Balaban J connectivity index is 3.20. The summed E-state index contributed by atoms with van der Waals surface area (Å²) < 4.78 is 30.0. The van der Waals surface area contributed by atoms with Gasteiger partial charge in [0.1, 0.15) is 0 Å². The molecule has 5 nitrogen and oxygen atoms in total. The van der Waals surface area contributed by atoms with Gasteiger partial charge >= 0.3 is 0 Å². The van der Waals surface area contributed by atoms with Crippen molar-refractivity contribution in [1.82, 2.24) is 0 Å². The molecule has 0 radical (unpaired) electrons. The molecule has 6 heteroatoms. The minimum Gasteiger partial charge on any atom is -0.417 e. The van der Waals surface area contributed by atoms with Gasteiger partial charge in [-0.1, -0.05) is 20.8 Å². The first-order valence-corrected chi connectivity index (χ1v) is 13.0. The fourth-order valence-corrected chi connectivity index (χ4v) is 5.01. The van der Waals surface area contributed by atoms with Crippen molar-refractivity contribution < 1.29 is 23.4 Å². The second-order valence-corrected chi connectivity index (χ2v) is 13.9. The monoisotopic (exact) mass is 414 g/mol. The molecule has 0 amide bonds. The lowest BCUT2D eigenvalue weighted by Gasteiger charge is -2.47. The average Bonchev–Trinajstić information content (AvgIpc) is 2.63. The van der Waals surface area contributed by atoms with Crippen LogP contribution < -0.4 is 0 Å². The fraction of sp³-hybridized carbons (Fsp3) is 0.818. The standard InChI is InChI=1S/C22H42O5Si/c1-16-17(2)22(25-9,26-10)19(18(3)21(16,23-7)24-8)14-13-15-27-28(11,12)20(4,5)6/h13-15H2,1-12H3. The largest absolute Gasteiger partial charge is 0.417 e. The zero-order chi connectivity index (χ0) is 22.0. The van der Waals surface area contributed by atoms with Crippen molar-refractivity contribution in [3.8, 4) is 0 Å². The van der Waals surface area contributed by atoms with Crippen LogP contribution in [-0.2, 0) is 23.4 Å². The van der Waals surface area contributed by atoms with Crippen molar-refractivity contribution >= 4 is 8.32 Å². The number of hydrogen-bond donors (Lipinski definition) is 0. The molecule has 0 aromatic carbocycles. The average molecular weight is 415 g/mol. The van der Waals surface area contributed by atoms with Crippen LogP contribution in [0.25, 0.3) is 0 Å². The zero-order valence-corrected chi connectivity index (χ0v) is 21.2. The van der Waals surface area contributed by atoms with Gasteiger partial charge in [-0.15, -0.1) is 0 Å². The van der Waals surface area contributed by atoms with Gasteiger partial charge < -0.3 is 23.4 Å². The van der Waals surface area contributed by atoms with E-state index in [1.165, 1.54) is 0 Å². The minimum atomic E-state index is -1.76. The molecule has 0 spiro atoms. The maximum Gasteiger partial charge on any atom is 0.214 e. The number of hydrogen-bond acceptors (Lipinski definition) is 5. The molecule has 0 saturated heterocycles. The van der Waals surface area contributed by atoms with E-state index in [2.05, 4.69) is 33.9 Å². The molecule has 0 atom stereocenters. The Morgan fingerprint density at radius 2 is 1.18 bits per heavy atom. The van der Waals surface area contributed by atoms with Crippen molar-refractivity contribution in [2.45, 2.75) is 84.1 Å². The molecular formula is C22H42O5Si. The third kappa shape index (κ3) is 4.18. The van der Waals surface area contributed by atoms with E-state index in [4.69, 9.17) is 23.4 Å². The molecule has 0 fully saturated rings. The summed E-state index contributed by atoms with van der Waals surface area (Å²) in [5, 5.41) is 0.202. The van der Waals surface area contributed by atoms with Crippen molar-refractivity contribution in [3.05, 3.63) is 22.3 Å². The summed E-state index contributed by atoms with van der Waals surface area (Å²) >= 11 is 0. The number of methoxy groups -OCH3 is 4. The Morgan fingerprint density at radius 3 is 1.57 bits per heavy atom. The predicted octanol–water partition coefficient (Wildman–Crippen LogP) is 5.43. The van der Waals surface area contributed by atoms with Gasteiger partial charge in [0.2, 0.25) is 11.6 Å². The summed E-state index contributed by atoms with van der Waals surface area (Å²) in [4.78, 5) is 0. The molecule has 164 valence electrons. The van der Waals surface area contributed by atoms with Crippen LogP contribution in [0.2, 0.25) is 18.1 Å². The second kappa shape index (κ2) is 9.10. The summed E-state index contributed by atoms with van der Waals surface area (Å²) in [6.07, 6.45) is 1.66. The molecule has 0 saturated carbocycles. The highest BCUT2D eigenvalue weighted by molar-refractivity contribution is 6.74. The molecule has 0 N–H and O–H groups in total. The third-order valence-electron chi connectivity index (χ3n) is 6.88. The number of rotatable bonds is 9. The Kier molecular flexibility index (Phi) is 8.30. The Bertz CT molecular complexity index is 605. The lowest BCUT2D eigenvalue weighted by molar-refractivity contribution is -0.185. The van der Waals surface area contributed by atoms with Crippen LogP contribution in [-0.4, -0.2) is 54.9 Å². The van der Waals surface area contributed by atoms with E-state index in [1.54, 1.807) is 28.4 Å². The van der Waals surface area contributed by atoms with Gasteiger partial charge in [-0.2, -0.15) is 0 Å². The van der Waals surface area contributed by atoms with E-state index in [-0.39, 0.29) is 5.04 Å². The minimum absolute atomic E-state index is 0.202. The summed E-state index contributed by atoms with van der Waals surface area (Å²) in [6.45, 7) is 18.1. The van der Waals surface area contributed by atoms with Gasteiger partial charge in [-0.3, -0.25) is 0 Å². The van der Waals surface area contributed by atoms with Crippen molar-refractivity contribution in [2.75, 3.05) is 35.0 Å². The van der Waals surface area contributed by atoms with Crippen LogP contribution in [0.3, 0.4) is 0 Å². The summed E-state index contributed by atoms with van der Waals surface area (Å²) in [5.41, 5.74) is 3.95. The molecule has 0 bridgehead atoms. The third-order valence-corrected chi connectivity index (χ3v) is 11.4. The van der Waals surface area contributed by atoms with E-state index in [0.29, 0.717) is 6.61 Å². The van der Waals surface area contributed by atoms with Gasteiger partial charge in [0.15, 0.2) is 8.32 Å². The van der Waals surface area contributed by atoms with Crippen LogP contribution in [0, 0.1) is 0 Å². The molecule has 0 unspecified atom stereocenters. The molecule has 0 aliphatic heterocycles. The molecule has 0 aromatic heterocycles. The first-order chi connectivity index (χ1) is 12.8. The van der Waals surface area contributed by atoms with Crippen LogP contribution in [0.5, 0.6) is 0 Å². The lowest BCUT2D eigenvalue weighted by Crippen LogP contribution is -2.50. The van der Waals surface area contributed by atoms with Crippen LogP contribution in [0.1, 0.15) is 54.4 Å². The Labute approximate surface area is 173 Å². The maximum atomic E-state index is 6.37. The Morgan fingerprint density at radius 1 is 0.750 bits per heavy atom. The van der Waals surface area contributed by atoms with Crippen LogP contribution in [0.4, 0.5) is 0 Å². The van der Waals surface area contributed by atoms with E-state index < -0.39 is 19.9 Å². The van der Waals surface area contributed by atoms with Gasteiger partial charge in [0.25, 0.3) is 0 Å². The number of ether oxygens (including phenoxy) is 4. The summed E-state index contributed by atoms with van der Waals surface area (Å²) in [5.74, 6) is -1.79. The highest BCUT2D eigenvalue weighted by atomic mass is 28.4. The van der Waals surface area contributed by atoms with Crippen LogP contribution in [0.15, 0.2) is 22.3 Å². The van der Waals surface area contributed by atoms with E-state index in [0.717, 1.165) is 35.1 Å². The Hall–Kier alpha value is -0.503. The predicted molar refractivity (Wildman–Crippen MR) is 117 cm³/mol. The molecule has 0 aromatic rings. The maximum absolute atomic E-state index is 6.37. The van der Waals surface area contributed by atoms with Gasteiger partial charge in [0, 0.05) is 35.0 Å². The molecule has 1 rings (SSSR count). The van der Waals surface area contributed by atoms with Gasteiger partial charge in [-0.05, 0) is 74.0 Å². The quantitative estimate of drug-likeness (QED) is 0.218. The first-order valence-electron chi connectivity index (χ1n) is 10.0. The van der Waals surface area contributed by atoms with Crippen molar-refractivity contribution in [3.63, 3.8) is 0 Å². The summed E-state index contributed by atoms with van der Waals surface area (Å²) in [7, 11) is 4.96. The van der Waals surface area contributed by atoms with E-state index in [1.807, 2.05) is 20.8 Å². The molecule has 28 heavy (non-hydrogen) atoms. The first kappa shape index (κ1) is 25.5. The summed E-state index contributed by atoms with van der Waals surface area (Å²) in [6, 6.07) is 0. The SMILES string of the molecule is COC1(OC)C(C)=C(C)C(OC)(OC)C(CCCO[Si](C)(C)C(C)(C)C)=C1C. The molecule has 1 aliphatic rings. The highest BCUT2D eigenvalue weighted by Crippen LogP contribution is 2.48. The molecule has 1 aliphatic carbocycles.